The highest BCUT2D eigenvalue weighted by Crippen LogP contribution is 2.14. The van der Waals surface area contributed by atoms with Gasteiger partial charge in [-0.2, -0.15) is 0 Å². The van der Waals surface area contributed by atoms with Gasteiger partial charge in [0.2, 0.25) is 5.12 Å². The Balaban J connectivity index is 2.37. The summed E-state index contributed by atoms with van der Waals surface area (Å²) in [6, 6.07) is 8.03. The first-order valence-corrected chi connectivity index (χ1v) is 8.88. The van der Waals surface area contributed by atoms with Crippen molar-refractivity contribution in [3.63, 3.8) is 0 Å². The van der Waals surface area contributed by atoms with Crippen LogP contribution < -0.4 is 5.73 Å². The molecule has 0 aliphatic heterocycles. The van der Waals surface area contributed by atoms with Crippen LogP contribution in [0.15, 0.2) is 24.3 Å². The van der Waals surface area contributed by atoms with Crippen LogP contribution in [0.4, 0.5) is 0 Å². The van der Waals surface area contributed by atoms with Gasteiger partial charge in [0.05, 0.1) is 0 Å². The molecule has 0 radical (unpaired) electrons. The first-order valence-electron chi connectivity index (χ1n) is 7.89. The number of nitrogens with zero attached hydrogens (tertiary/aromatic N) is 1. The number of benzene rings is 1. The van der Waals surface area contributed by atoms with Gasteiger partial charge in [0, 0.05) is 17.9 Å². The second kappa shape index (κ2) is 10.8. The van der Waals surface area contributed by atoms with Crippen LogP contribution in [0.1, 0.15) is 42.6 Å². The van der Waals surface area contributed by atoms with Gasteiger partial charge in [0.1, 0.15) is 0 Å². The van der Waals surface area contributed by atoms with E-state index in [-0.39, 0.29) is 5.12 Å². The van der Waals surface area contributed by atoms with Gasteiger partial charge in [-0.3, -0.25) is 4.79 Å². The lowest BCUT2D eigenvalue weighted by Crippen LogP contribution is -2.25. The molecule has 0 aliphatic carbocycles. The van der Waals surface area contributed by atoms with E-state index in [4.69, 9.17) is 5.73 Å². The summed E-state index contributed by atoms with van der Waals surface area (Å²) in [5.41, 5.74) is 7.59. The zero-order valence-corrected chi connectivity index (χ0v) is 14.1. The molecule has 0 amide bonds. The number of nitrogens with two attached hydrogens (primary N) is 1. The highest BCUT2D eigenvalue weighted by Gasteiger charge is 2.07. The number of carbonyl (C=O) groups is 1. The Morgan fingerprint density at radius 1 is 1.14 bits per heavy atom. The Morgan fingerprint density at radius 2 is 1.81 bits per heavy atom. The summed E-state index contributed by atoms with van der Waals surface area (Å²) in [6.07, 6.45) is 3.21. The zero-order chi connectivity index (χ0) is 15.5. The van der Waals surface area contributed by atoms with Crippen LogP contribution in [0.25, 0.3) is 0 Å². The lowest BCUT2D eigenvalue weighted by molar-refractivity contribution is 0.108. The van der Waals surface area contributed by atoms with Crippen LogP contribution in [0, 0.1) is 0 Å². The van der Waals surface area contributed by atoms with Crippen molar-refractivity contribution in [2.24, 2.45) is 5.73 Å². The van der Waals surface area contributed by atoms with E-state index in [1.54, 1.807) is 0 Å². The molecule has 0 fully saturated rings. The lowest BCUT2D eigenvalue weighted by Gasteiger charge is -2.16. The molecule has 2 N–H and O–H groups in total. The molecule has 0 aromatic heterocycles. The molecule has 0 heterocycles. The minimum Gasteiger partial charge on any atom is -0.330 e. The van der Waals surface area contributed by atoms with Crippen molar-refractivity contribution >= 4 is 16.9 Å². The molecule has 0 unspecified atom stereocenters. The van der Waals surface area contributed by atoms with Crippen molar-refractivity contribution in [2.75, 3.05) is 31.9 Å². The van der Waals surface area contributed by atoms with Crippen LogP contribution in [0.5, 0.6) is 0 Å². The topological polar surface area (TPSA) is 46.3 Å². The van der Waals surface area contributed by atoms with E-state index in [0.29, 0.717) is 0 Å². The predicted octanol–water partition coefficient (Wildman–Crippen LogP) is 3.18. The van der Waals surface area contributed by atoms with Gasteiger partial charge in [-0.25, -0.2) is 0 Å². The van der Waals surface area contributed by atoms with Crippen LogP contribution >= 0.6 is 11.8 Å². The van der Waals surface area contributed by atoms with Crippen LogP contribution in [-0.2, 0) is 6.42 Å². The lowest BCUT2D eigenvalue weighted by atomic mass is 10.1. The van der Waals surface area contributed by atoms with Gasteiger partial charge >= 0.3 is 0 Å². The van der Waals surface area contributed by atoms with Crippen molar-refractivity contribution in [3.8, 4) is 0 Å². The molecule has 0 atom stereocenters. The molecule has 1 rings (SSSR count). The zero-order valence-electron chi connectivity index (χ0n) is 13.3. The summed E-state index contributed by atoms with van der Waals surface area (Å²) >= 11 is 1.42. The number of rotatable bonds is 10. The number of aryl methyl sites for hydroxylation is 1. The van der Waals surface area contributed by atoms with E-state index in [0.717, 1.165) is 56.8 Å². The molecule has 0 saturated carbocycles. The quantitative estimate of drug-likeness (QED) is 0.674. The summed E-state index contributed by atoms with van der Waals surface area (Å²) in [7, 11) is 0. The Labute approximate surface area is 133 Å². The summed E-state index contributed by atoms with van der Waals surface area (Å²) in [5, 5.41) is 0.177. The second-order valence-corrected chi connectivity index (χ2v) is 6.17. The molecular formula is C17H28N2OS. The fourth-order valence-corrected chi connectivity index (χ4v) is 3.01. The van der Waals surface area contributed by atoms with Gasteiger partial charge in [-0.1, -0.05) is 49.9 Å². The second-order valence-electron chi connectivity index (χ2n) is 5.11. The van der Waals surface area contributed by atoms with E-state index < -0.39 is 0 Å². The first-order chi connectivity index (χ1) is 10.2. The van der Waals surface area contributed by atoms with Crippen molar-refractivity contribution in [1.82, 2.24) is 4.90 Å². The molecule has 0 aliphatic rings. The molecule has 118 valence electrons. The summed E-state index contributed by atoms with van der Waals surface area (Å²) < 4.78 is 0. The number of hydrogen-bond donors (Lipinski definition) is 1. The maximum absolute atomic E-state index is 12.1. The van der Waals surface area contributed by atoms with Gasteiger partial charge in [-0.05, 0) is 44.5 Å². The van der Waals surface area contributed by atoms with Gasteiger partial charge < -0.3 is 10.6 Å². The molecule has 3 nitrogen and oxygen atoms in total. The van der Waals surface area contributed by atoms with Crippen LogP contribution in [-0.4, -0.2) is 41.9 Å². The van der Waals surface area contributed by atoms with Crippen molar-refractivity contribution < 1.29 is 4.79 Å². The minimum atomic E-state index is 0.177. The average molecular weight is 308 g/mol. The Kier molecular flexibility index (Phi) is 9.39. The summed E-state index contributed by atoms with van der Waals surface area (Å²) in [4.78, 5) is 14.4. The fourth-order valence-electron chi connectivity index (χ4n) is 2.17. The summed E-state index contributed by atoms with van der Waals surface area (Å²) in [5.74, 6) is 0.860. The number of carbonyl (C=O) groups excluding carboxylic acids is 1. The van der Waals surface area contributed by atoms with Crippen LogP contribution in [0.3, 0.4) is 0 Å². The van der Waals surface area contributed by atoms with Crippen molar-refractivity contribution in [3.05, 3.63) is 35.4 Å². The average Bonchev–Trinajstić information content (AvgIpc) is 2.52. The number of unbranched alkanes of at least 4 members (excludes halogenated alkanes) is 1. The molecule has 0 saturated heterocycles. The molecule has 0 bridgehead atoms. The molecule has 0 spiro atoms. The molecule has 1 aromatic carbocycles. The Bertz CT molecular complexity index is 402. The first kappa shape index (κ1) is 18.2. The van der Waals surface area contributed by atoms with Crippen molar-refractivity contribution in [2.45, 2.75) is 33.1 Å². The van der Waals surface area contributed by atoms with E-state index in [1.165, 1.54) is 17.3 Å². The van der Waals surface area contributed by atoms with E-state index in [1.807, 2.05) is 12.1 Å². The minimum absolute atomic E-state index is 0.177. The maximum atomic E-state index is 12.1. The number of hydrogen-bond acceptors (Lipinski definition) is 4. The molecule has 1 aromatic rings. The highest BCUT2D eigenvalue weighted by molar-refractivity contribution is 8.14. The third kappa shape index (κ3) is 7.11. The maximum Gasteiger partial charge on any atom is 0.219 e. The molecule has 21 heavy (non-hydrogen) atoms. The third-order valence-electron chi connectivity index (χ3n) is 3.64. The van der Waals surface area contributed by atoms with Gasteiger partial charge in [0.25, 0.3) is 0 Å². The predicted molar refractivity (Wildman–Crippen MR) is 93.0 cm³/mol. The normalized spacial score (nSPS) is 11.0. The van der Waals surface area contributed by atoms with E-state index >= 15 is 0 Å². The monoisotopic (exact) mass is 308 g/mol. The SMILES string of the molecule is CCN(CC)CCSC(=O)c1ccc(CCCCN)cc1. The van der Waals surface area contributed by atoms with Gasteiger partial charge in [-0.15, -0.1) is 0 Å². The van der Waals surface area contributed by atoms with Gasteiger partial charge in [0.15, 0.2) is 0 Å². The Hall–Kier alpha value is -0.840. The largest absolute Gasteiger partial charge is 0.330 e. The number of thioether (sulfide) groups is 1. The molecule has 4 heteroatoms. The molecular weight excluding hydrogens is 280 g/mol. The van der Waals surface area contributed by atoms with Crippen molar-refractivity contribution in [1.29, 1.82) is 0 Å². The van der Waals surface area contributed by atoms with Crippen LogP contribution in [0.2, 0.25) is 0 Å². The fraction of sp³-hybridized carbons (Fsp3) is 0.588. The summed E-state index contributed by atoms with van der Waals surface area (Å²) in [6.45, 7) is 8.12. The smallest absolute Gasteiger partial charge is 0.219 e. The third-order valence-corrected chi connectivity index (χ3v) is 4.53. The van der Waals surface area contributed by atoms with E-state index in [2.05, 4.69) is 30.9 Å². The Morgan fingerprint density at radius 3 is 2.38 bits per heavy atom. The highest BCUT2D eigenvalue weighted by atomic mass is 32.2. The standard InChI is InChI=1S/C17H28N2OS/c1-3-19(4-2)13-14-21-17(20)16-10-8-15(9-11-16)7-5-6-12-18/h8-11H,3-7,12-14,18H2,1-2H3. The van der Waals surface area contributed by atoms with E-state index in [9.17, 15) is 4.79 Å².